The van der Waals surface area contributed by atoms with Gasteiger partial charge in [0, 0.05) is 25.4 Å². The van der Waals surface area contributed by atoms with Gasteiger partial charge in [-0.2, -0.15) is 0 Å². The molecule has 1 atom stereocenters. The van der Waals surface area contributed by atoms with Gasteiger partial charge in [-0.1, -0.05) is 30.7 Å². The molecule has 9 heteroatoms. The van der Waals surface area contributed by atoms with Gasteiger partial charge in [-0.25, -0.2) is 19.5 Å². The first kappa shape index (κ1) is 23.5. The molecule has 1 aliphatic heterocycles. The number of carbonyl (C=O) groups is 2. The first-order chi connectivity index (χ1) is 16.6. The minimum Gasteiger partial charge on any atom is -0.492 e. The second kappa shape index (κ2) is 11.0. The molecule has 4 rings (SSSR count). The Morgan fingerprint density at radius 2 is 2.09 bits per heavy atom. The topological polar surface area (TPSA) is 84.9 Å². The molecule has 1 unspecified atom stereocenters. The van der Waals surface area contributed by atoms with Crippen LogP contribution in [0.3, 0.4) is 0 Å². The molecule has 2 aromatic heterocycles. The third-order valence-electron chi connectivity index (χ3n) is 5.38. The Labute approximate surface area is 202 Å². The largest absolute Gasteiger partial charge is 0.492 e. The average molecular weight is 479 g/mol. The molecule has 34 heavy (non-hydrogen) atoms. The number of rotatable bonds is 10. The molecule has 1 aromatic carbocycles. The summed E-state index contributed by atoms with van der Waals surface area (Å²) in [4.78, 5) is 37.8. The molecule has 176 valence electrons. The summed E-state index contributed by atoms with van der Waals surface area (Å²) in [5.74, 6) is 2.80. The Morgan fingerprint density at radius 1 is 1.26 bits per heavy atom. The fourth-order valence-corrected chi connectivity index (χ4v) is 4.68. The molecule has 8 nitrogen and oxygen atoms in total. The van der Waals surface area contributed by atoms with E-state index in [2.05, 4.69) is 22.8 Å². The Morgan fingerprint density at radius 3 is 2.85 bits per heavy atom. The number of terminal acetylenes is 1. The van der Waals surface area contributed by atoms with Crippen LogP contribution in [-0.2, 0) is 4.74 Å². The summed E-state index contributed by atoms with van der Waals surface area (Å²) in [5, 5.41) is 0.457. The number of hydrogen-bond donors (Lipinski definition) is 0. The third kappa shape index (κ3) is 5.13. The SMILES string of the molecule is C#CCCCN1CC(OC(=O)c2ccncc2)N(c2nc3cccc(OCCCC)c3s2)C1=O. The van der Waals surface area contributed by atoms with Crippen LogP contribution in [0, 0.1) is 12.3 Å². The number of fused-ring (bicyclic) bond motifs is 1. The number of aromatic nitrogens is 2. The zero-order chi connectivity index (χ0) is 23.9. The molecule has 1 saturated heterocycles. The summed E-state index contributed by atoms with van der Waals surface area (Å²) in [6.07, 6.45) is 10.8. The number of amides is 2. The second-order valence-electron chi connectivity index (χ2n) is 7.80. The third-order valence-corrected chi connectivity index (χ3v) is 6.46. The maximum absolute atomic E-state index is 13.3. The van der Waals surface area contributed by atoms with E-state index in [1.165, 1.54) is 28.6 Å². The molecule has 1 aliphatic rings. The van der Waals surface area contributed by atoms with Crippen LogP contribution in [0.15, 0.2) is 42.7 Å². The van der Waals surface area contributed by atoms with Crippen LogP contribution in [-0.4, -0.2) is 52.8 Å². The van der Waals surface area contributed by atoms with Crippen molar-refractivity contribution in [2.75, 3.05) is 24.6 Å². The number of thiazole rings is 1. The van der Waals surface area contributed by atoms with Crippen molar-refractivity contribution in [1.82, 2.24) is 14.9 Å². The van der Waals surface area contributed by atoms with Crippen LogP contribution < -0.4 is 9.64 Å². The van der Waals surface area contributed by atoms with Crippen molar-refractivity contribution >= 4 is 38.7 Å². The number of pyridine rings is 1. The predicted molar refractivity (Wildman–Crippen MR) is 131 cm³/mol. The van der Waals surface area contributed by atoms with E-state index in [0.29, 0.717) is 36.7 Å². The van der Waals surface area contributed by atoms with Gasteiger partial charge in [-0.05, 0) is 37.1 Å². The summed E-state index contributed by atoms with van der Waals surface area (Å²) in [5.41, 5.74) is 1.09. The number of carbonyl (C=O) groups excluding carboxylic acids is 2. The van der Waals surface area contributed by atoms with E-state index in [1.54, 1.807) is 17.0 Å². The quantitative estimate of drug-likeness (QED) is 0.238. The lowest BCUT2D eigenvalue weighted by atomic mass is 10.3. The van der Waals surface area contributed by atoms with Crippen LogP contribution in [0.5, 0.6) is 5.75 Å². The number of unbranched alkanes of at least 4 members (excludes halogenated alkanes) is 2. The first-order valence-electron chi connectivity index (χ1n) is 11.3. The number of esters is 1. The van der Waals surface area contributed by atoms with Crippen LogP contribution in [0.25, 0.3) is 10.2 Å². The Hall–Kier alpha value is -3.64. The number of ether oxygens (including phenoxy) is 2. The standard InChI is InChI=1S/C25H26N4O4S/c1-3-5-7-15-28-17-21(33-23(30)18-11-13-26-14-12-18)29(25(28)31)24-27-19-9-8-10-20(22(19)34-24)32-16-6-4-2/h1,8-14,21H,4-7,15-17H2,2H3. The number of urea groups is 1. The summed E-state index contributed by atoms with van der Waals surface area (Å²) in [6.45, 7) is 3.42. The molecule has 0 N–H and O–H groups in total. The lowest BCUT2D eigenvalue weighted by molar-refractivity contribution is 0.0325. The summed E-state index contributed by atoms with van der Waals surface area (Å²) >= 11 is 1.35. The van der Waals surface area contributed by atoms with Gasteiger partial charge < -0.3 is 14.4 Å². The van der Waals surface area contributed by atoms with Gasteiger partial charge in [0.1, 0.15) is 5.75 Å². The Bertz CT molecular complexity index is 1190. The number of benzene rings is 1. The van der Waals surface area contributed by atoms with Gasteiger partial charge >= 0.3 is 12.0 Å². The summed E-state index contributed by atoms with van der Waals surface area (Å²) in [7, 11) is 0. The van der Waals surface area contributed by atoms with E-state index in [9.17, 15) is 9.59 Å². The van der Waals surface area contributed by atoms with Crippen LogP contribution in [0.4, 0.5) is 9.93 Å². The Balaban J connectivity index is 1.62. The smallest absolute Gasteiger partial charge is 0.340 e. The second-order valence-corrected chi connectivity index (χ2v) is 8.78. The lowest BCUT2D eigenvalue weighted by Gasteiger charge is -2.20. The van der Waals surface area contributed by atoms with E-state index >= 15 is 0 Å². The molecule has 3 aromatic rings. The minimum atomic E-state index is -0.816. The molecule has 0 spiro atoms. The Kier molecular flexibility index (Phi) is 7.60. The van der Waals surface area contributed by atoms with E-state index in [4.69, 9.17) is 15.9 Å². The number of anilines is 1. The maximum atomic E-state index is 13.3. The highest BCUT2D eigenvalue weighted by Gasteiger charge is 2.42. The zero-order valence-corrected chi connectivity index (χ0v) is 19.8. The molecule has 0 bridgehead atoms. The summed E-state index contributed by atoms with van der Waals surface area (Å²) in [6, 6.07) is 8.55. The van der Waals surface area contributed by atoms with Crippen molar-refractivity contribution in [2.24, 2.45) is 0 Å². The van der Waals surface area contributed by atoms with Gasteiger partial charge in [0.15, 0.2) is 5.13 Å². The van der Waals surface area contributed by atoms with Gasteiger partial charge in [0.05, 0.1) is 28.9 Å². The monoisotopic (exact) mass is 478 g/mol. The fourth-order valence-electron chi connectivity index (χ4n) is 3.61. The molecular weight excluding hydrogens is 452 g/mol. The van der Waals surface area contributed by atoms with Crippen LogP contribution in [0.1, 0.15) is 43.0 Å². The highest BCUT2D eigenvalue weighted by atomic mass is 32.1. The molecule has 3 heterocycles. The van der Waals surface area contributed by atoms with Crippen molar-refractivity contribution in [3.63, 3.8) is 0 Å². The number of hydrogen-bond acceptors (Lipinski definition) is 7. The minimum absolute atomic E-state index is 0.232. The van der Waals surface area contributed by atoms with E-state index in [-0.39, 0.29) is 12.6 Å². The molecule has 1 fully saturated rings. The van der Waals surface area contributed by atoms with Gasteiger partial charge in [0.25, 0.3) is 0 Å². The zero-order valence-electron chi connectivity index (χ0n) is 19.0. The van der Waals surface area contributed by atoms with Crippen molar-refractivity contribution in [1.29, 1.82) is 0 Å². The van der Waals surface area contributed by atoms with Gasteiger partial charge in [-0.15, -0.1) is 12.3 Å². The molecule has 0 saturated carbocycles. The molecular formula is C25H26N4O4S. The highest BCUT2D eigenvalue weighted by Crippen LogP contribution is 2.38. The van der Waals surface area contributed by atoms with E-state index in [0.717, 1.165) is 28.8 Å². The fraction of sp³-hybridized carbons (Fsp3) is 0.360. The molecule has 0 aliphatic carbocycles. The molecule has 2 amide bonds. The van der Waals surface area contributed by atoms with Crippen molar-refractivity contribution in [3.8, 4) is 18.1 Å². The number of nitrogens with zero attached hydrogens (tertiary/aromatic N) is 4. The maximum Gasteiger partial charge on any atom is 0.340 e. The van der Waals surface area contributed by atoms with E-state index < -0.39 is 12.2 Å². The van der Waals surface area contributed by atoms with E-state index in [1.807, 2.05) is 18.2 Å². The van der Waals surface area contributed by atoms with Crippen molar-refractivity contribution < 1.29 is 19.1 Å². The van der Waals surface area contributed by atoms with Gasteiger partial charge in [-0.3, -0.25) is 4.98 Å². The molecule has 0 radical (unpaired) electrons. The average Bonchev–Trinajstić information content (AvgIpc) is 3.41. The lowest BCUT2D eigenvalue weighted by Crippen LogP contribution is -2.37. The van der Waals surface area contributed by atoms with Gasteiger partial charge in [0.2, 0.25) is 6.23 Å². The van der Waals surface area contributed by atoms with Crippen molar-refractivity contribution in [2.45, 2.75) is 38.8 Å². The highest BCUT2D eigenvalue weighted by molar-refractivity contribution is 7.22. The van der Waals surface area contributed by atoms with Crippen LogP contribution >= 0.6 is 11.3 Å². The first-order valence-corrected chi connectivity index (χ1v) is 12.1. The van der Waals surface area contributed by atoms with Crippen molar-refractivity contribution in [3.05, 3.63) is 48.3 Å². The predicted octanol–water partition coefficient (Wildman–Crippen LogP) is 4.71. The summed E-state index contributed by atoms with van der Waals surface area (Å²) < 4.78 is 12.6. The normalized spacial score (nSPS) is 15.5. The van der Waals surface area contributed by atoms with Crippen LogP contribution in [0.2, 0.25) is 0 Å².